The van der Waals surface area contributed by atoms with Crippen molar-refractivity contribution in [2.75, 3.05) is 18.1 Å². The number of carbonyl (C=O) groups is 1. The summed E-state index contributed by atoms with van der Waals surface area (Å²) in [6, 6.07) is 0. The lowest BCUT2D eigenvalue weighted by Crippen LogP contribution is -2.44. The molecule has 1 spiro atoms. The van der Waals surface area contributed by atoms with Crippen LogP contribution in [0.5, 0.6) is 0 Å². The van der Waals surface area contributed by atoms with E-state index in [0.717, 1.165) is 32.3 Å². The lowest BCUT2D eigenvalue weighted by molar-refractivity contribution is -0.120. The van der Waals surface area contributed by atoms with Crippen molar-refractivity contribution in [3.05, 3.63) is 0 Å². The summed E-state index contributed by atoms with van der Waals surface area (Å²) in [5, 5.41) is 0. The summed E-state index contributed by atoms with van der Waals surface area (Å²) in [5.74, 6) is 3.62. The molecule has 0 aromatic heterocycles. The smallest absolute Gasteiger partial charge is 0.133 e. The van der Waals surface area contributed by atoms with Crippen molar-refractivity contribution >= 4 is 17.5 Å². The summed E-state index contributed by atoms with van der Waals surface area (Å²) in [4.78, 5) is 11.6. The molecular formula is C14H22O2S. The highest BCUT2D eigenvalue weighted by molar-refractivity contribution is 7.99. The van der Waals surface area contributed by atoms with Gasteiger partial charge in [0.15, 0.2) is 0 Å². The maximum atomic E-state index is 11.6. The van der Waals surface area contributed by atoms with Crippen molar-refractivity contribution in [2.24, 2.45) is 11.3 Å². The van der Waals surface area contributed by atoms with Gasteiger partial charge in [0, 0.05) is 25.2 Å². The second kappa shape index (κ2) is 4.27. The predicted octanol–water partition coefficient (Wildman–Crippen LogP) is 3.05. The van der Waals surface area contributed by atoms with Crippen molar-refractivity contribution in [3.8, 4) is 0 Å². The van der Waals surface area contributed by atoms with E-state index < -0.39 is 0 Å². The molecule has 0 aromatic rings. The molecule has 17 heavy (non-hydrogen) atoms. The van der Waals surface area contributed by atoms with Gasteiger partial charge in [0.05, 0.1) is 5.60 Å². The third-order valence-electron chi connectivity index (χ3n) is 5.12. The summed E-state index contributed by atoms with van der Waals surface area (Å²) in [7, 11) is 0. The van der Waals surface area contributed by atoms with Crippen LogP contribution in [0.25, 0.3) is 0 Å². The van der Waals surface area contributed by atoms with Gasteiger partial charge >= 0.3 is 0 Å². The highest BCUT2D eigenvalue weighted by atomic mass is 32.2. The molecule has 2 heterocycles. The number of thioether (sulfide) groups is 1. The molecule has 2 nitrogen and oxygen atoms in total. The minimum absolute atomic E-state index is 0.169. The van der Waals surface area contributed by atoms with E-state index in [1.165, 1.54) is 24.3 Å². The van der Waals surface area contributed by atoms with Gasteiger partial charge in [-0.25, -0.2) is 0 Å². The Morgan fingerprint density at radius 1 is 1.41 bits per heavy atom. The number of ketones is 1. The zero-order valence-corrected chi connectivity index (χ0v) is 11.5. The SMILES string of the molecule is CC1(C2CCOC3(CCSC3)C2)CCC(=O)C1. The molecule has 0 amide bonds. The average Bonchev–Trinajstić information content (AvgIpc) is 2.88. The Bertz CT molecular complexity index is 322. The number of carbonyl (C=O) groups excluding carboxylic acids is 1. The van der Waals surface area contributed by atoms with Gasteiger partial charge in [0.1, 0.15) is 5.78 Å². The zero-order valence-electron chi connectivity index (χ0n) is 10.7. The minimum Gasteiger partial charge on any atom is -0.374 e. The fourth-order valence-electron chi connectivity index (χ4n) is 3.89. The van der Waals surface area contributed by atoms with Crippen molar-refractivity contribution in [1.29, 1.82) is 0 Å². The molecule has 2 aliphatic heterocycles. The van der Waals surface area contributed by atoms with E-state index in [1.54, 1.807) is 0 Å². The Labute approximate surface area is 108 Å². The van der Waals surface area contributed by atoms with Crippen molar-refractivity contribution in [3.63, 3.8) is 0 Å². The van der Waals surface area contributed by atoms with E-state index in [-0.39, 0.29) is 11.0 Å². The molecule has 1 saturated carbocycles. The fraction of sp³-hybridized carbons (Fsp3) is 0.929. The molecular weight excluding hydrogens is 232 g/mol. The van der Waals surface area contributed by atoms with Crippen LogP contribution in [0.15, 0.2) is 0 Å². The Hall–Kier alpha value is -0.0200. The van der Waals surface area contributed by atoms with E-state index in [2.05, 4.69) is 6.92 Å². The summed E-state index contributed by atoms with van der Waals surface area (Å²) >= 11 is 2.03. The van der Waals surface area contributed by atoms with Crippen molar-refractivity contribution in [1.82, 2.24) is 0 Å². The molecule has 3 rings (SSSR count). The van der Waals surface area contributed by atoms with Crippen molar-refractivity contribution in [2.45, 2.75) is 51.0 Å². The van der Waals surface area contributed by atoms with Crippen LogP contribution in [0.4, 0.5) is 0 Å². The van der Waals surface area contributed by atoms with Crippen molar-refractivity contribution < 1.29 is 9.53 Å². The van der Waals surface area contributed by atoms with Gasteiger partial charge < -0.3 is 4.74 Å². The van der Waals surface area contributed by atoms with Crippen LogP contribution < -0.4 is 0 Å². The summed E-state index contributed by atoms with van der Waals surface area (Å²) < 4.78 is 6.08. The van der Waals surface area contributed by atoms with Gasteiger partial charge in [-0.15, -0.1) is 0 Å². The first-order valence-electron chi connectivity index (χ1n) is 6.85. The first-order valence-corrected chi connectivity index (χ1v) is 8.01. The van der Waals surface area contributed by atoms with Crippen LogP contribution in [0.2, 0.25) is 0 Å². The fourth-order valence-corrected chi connectivity index (χ4v) is 5.26. The highest BCUT2D eigenvalue weighted by Crippen LogP contribution is 2.51. The summed E-state index contributed by atoms with van der Waals surface area (Å²) in [6.07, 6.45) is 6.33. The number of Topliss-reactive ketones (excluding diaryl/α,β-unsaturated/α-hetero) is 1. The molecule has 0 N–H and O–H groups in total. The molecule has 0 bridgehead atoms. The second-order valence-electron chi connectivity index (χ2n) is 6.39. The normalized spacial score (nSPS) is 46.9. The molecule has 0 radical (unpaired) electrons. The lowest BCUT2D eigenvalue weighted by atomic mass is 9.68. The van der Waals surface area contributed by atoms with Gasteiger partial charge in [0.2, 0.25) is 0 Å². The van der Waals surface area contributed by atoms with Gasteiger partial charge in [0.25, 0.3) is 0 Å². The van der Waals surface area contributed by atoms with Crippen LogP contribution in [-0.2, 0) is 9.53 Å². The molecule has 3 fully saturated rings. The van der Waals surface area contributed by atoms with E-state index >= 15 is 0 Å². The van der Waals surface area contributed by atoms with Crippen LogP contribution >= 0.6 is 11.8 Å². The third kappa shape index (κ3) is 2.17. The van der Waals surface area contributed by atoms with Gasteiger partial charge in [-0.3, -0.25) is 4.79 Å². The van der Waals surface area contributed by atoms with Gasteiger partial charge in [-0.2, -0.15) is 11.8 Å². The minimum atomic E-state index is 0.169. The number of rotatable bonds is 1. The lowest BCUT2D eigenvalue weighted by Gasteiger charge is -2.44. The molecule has 3 heteroatoms. The Morgan fingerprint density at radius 3 is 2.94 bits per heavy atom. The van der Waals surface area contributed by atoms with E-state index in [4.69, 9.17) is 4.74 Å². The zero-order chi connectivity index (χ0) is 11.9. The second-order valence-corrected chi connectivity index (χ2v) is 7.50. The maximum Gasteiger partial charge on any atom is 0.133 e. The summed E-state index contributed by atoms with van der Waals surface area (Å²) in [5.41, 5.74) is 0.448. The topological polar surface area (TPSA) is 26.3 Å². The molecule has 96 valence electrons. The van der Waals surface area contributed by atoms with Crippen LogP contribution in [0.1, 0.15) is 45.4 Å². The first-order chi connectivity index (χ1) is 8.12. The highest BCUT2D eigenvalue weighted by Gasteiger charge is 2.48. The standard InChI is InChI=1S/C14H22O2S/c1-13(4-2-12(15)9-13)11-3-6-16-14(8-11)5-7-17-10-14/h11H,2-10H2,1H3. The predicted molar refractivity (Wildman–Crippen MR) is 70.3 cm³/mol. The average molecular weight is 254 g/mol. The molecule has 0 aromatic carbocycles. The third-order valence-corrected chi connectivity index (χ3v) is 6.34. The summed E-state index contributed by atoms with van der Waals surface area (Å²) in [6.45, 7) is 3.25. The Morgan fingerprint density at radius 2 is 2.29 bits per heavy atom. The first kappa shape index (κ1) is 12.0. The van der Waals surface area contributed by atoms with Crippen LogP contribution in [0.3, 0.4) is 0 Å². The number of hydrogen-bond acceptors (Lipinski definition) is 3. The van der Waals surface area contributed by atoms with E-state index in [9.17, 15) is 4.79 Å². The Kier molecular flexibility index (Phi) is 3.02. The van der Waals surface area contributed by atoms with Gasteiger partial charge in [-0.1, -0.05) is 6.92 Å². The van der Waals surface area contributed by atoms with Crippen LogP contribution in [0, 0.1) is 11.3 Å². The number of hydrogen-bond donors (Lipinski definition) is 0. The maximum absolute atomic E-state index is 11.6. The molecule has 3 atom stereocenters. The van der Waals surface area contributed by atoms with E-state index in [1.807, 2.05) is 11.8 Å². The van der Waals surface area contributed by atoms with Gasteiger partial charge in [-0.05, 0) is 42.8 Å². The Balaban J connectivity index is 1.73. The molecule has 1 aliphatic carbocycles. The molecule has 3 aliphatic rings. The largest absolute Gasteiger partial charge is 0.374 e. The van der Waals surface area contributed by atoms with Crippen LogP contribution in [-0.4, -0.2) is 29.5 Å². The molecule has 2 saturated heterocycles. The van der Waals surface area contributed by atoms with E-state index in [0.29, 0.717) is 11.7 Å². The quantitative estimate of drug-likeness (QED) is 0.719. The monoisotopic (exact) mass is 254 g/mol. The molecule has 3 unspecified atom stereocenters. The number of ether oxygens (including phenoxy) is 1.